The van der Waals surface area contributed by atoms with E-state index in [0.29, 0.717) is 5.95 Å². The Morgan fingerprint density at radius 2 is 2.00 bits per heavy atom. The van der Waals surface area contributed by atoms with Crippen LogP contribution < -0.4 is 15.0 Å². The summed E-state index contributed by atoms with van der Waals surface area (Å²) in [6.45, 7) is 1.70. The number of H-pyrrole nitrogens is 1. The molecule has 12 heteroatoms. The van der Waals surface area contributed by atoms with Crippen molar-refractivity contribution < 1.29 is 22.7 Å². The van der Waals surface area contributed by atoms with Crippen molar-refractivity contribution in [1.82, 2.24) is 25.0 Å². The monoisotopic (exact) mass is 435 g/mol. The van der Waals surface area contributed by atoms with E-state index in [4.69, 9.17) is 4.74 Å². The predicted molar refractivity (Wildman–Crippen MR) is 106 cm³/mol. The summed E-state index contributed by atoms with van der Waals surface area (Å²) in [6, 6.07) is 4.62. The third-order valence-electron chi connectivity index (χ3n) is 4.90. The third kappa shape index (κ3) is 4.47. The van der Waals surface area contributed by atoms with E-state index in [9.17, 15) is 18.0 Å². The quantitative estimate of drug-likeness (QED) is 0.638. The number of nitrogens with zero attached hydrogens (tertiary/aromatic N) is 5. The van der Waals surface area contributed by atoms with Crippen molar-refractivity contribution in [3.63, 3.8) is 0 Å². The molecule has 1 aliphatic rings. The van der Waals surface area contributed by atoms with Crippen LogP contribution in [-0.4, -0.2) is 51.1 Å². The van der Waals surface area contributed by atoms with E-state index < -0.39 is 17.6 Å². The van der Waals surface area contributed by atoms with Gasteiger partial charge in [-0.25, -0.2) is 9.78 Å². The van der Waals surface area contributed by atoms with Gasteiger partial charge < -0.3 is 9.64 Å². The van der Waals surface area contributed by atoms with Crippen molar-refractivity contribution in [2.75, 3.05) is 30.4 Å². The van der Waals surface area contributed by atoms with E-state index in [1.54, 1.807) is 0 Å². The highest BCUT2D eigenvalue weighted by atomic mass is 19.4. The molecule has 31 heavy (non-hydrogen) atoms. The average Bonchev–Trinajstić information content (AvgIpc) is 3.41. The molecular weight excluding hydrogens is 415 g/mol. The van der Waals surface area contributed by atoms with Crippen LogP contribution in [0.25, 0.3) is 5.69 Å². The maximum atomic E-state index is 13.0. The van der Waals surface area contributed by atoms with Gasteiger partial charge in [0, 0.05) is 13.1 Å². The summed E-state index contributed by atoms with van der Waals surface area (Å²) in [4.78, 5) is 19.0. The molecule has 3 heterocycles. The van der Waals surface area contributed by atoms with Crippen molar-refractivity contribution in [2.24, 2.45) is 0 Å². The maximum absolute atomic E-state index is 13.0. The summed E-state index contributed by atoms with van der Waals surface area (Å²) in [5.41, 5.74) is -0.785. The van der Waals surface area contributed by atoms with Gasteiger partial charge in [0.1, 0.15) is 0 Å². The van der Waals surface area contributed by atoms with Crippen molar-refractivity contribution in [3.8, 4) is 11.4 Å². The van der Waals surface area contributed by atoms with Crippen LogP contribution in [0.4, 0.5) is 25.1 Å². The molecule has 0 saturated carbocycles. The van der Waals surface area contributed by atoms with Gasteiger partial charge in [-0.3, -0.25) is 10.1 Å². The lowest BCUT2D eigenvalue weighted by molar-refractivity contribution is -0.137. The molecule has 1 fully saturated rings. The topological polar surface area (TPSA) is 101 Å². The molecule has 0 spiro atoms. The number of nitrogens with one attached hydrogen (secondary N) is 2. The van der Waals surface area contributed by atoms with Crippen LogP contribution >= 0.6 is 0 Å². The lowest BCUT2D eigenvalue weighted by Crippen LogP contribution is -2.30. The van der Waals surface area contributed by atoms with Crippen LogP contribution in [-0.2, 0) is 6.18 Å². The van der Waals surface area contributed by atoms with Gasteiger partial charge in [0.25, 0.3) is 5.91 Å². The zero-order valence-electron chi connectivity index (χ0n) is 16.6. The second-order valence-electron chi connectivity index (χ2n) is 7.02. The largest absolute Gasteiger partial charge is 0.493 e. The Labute approximate surface area is 175 Å². The summed E-state index contributed by atoms with van der Waals surface area (Å²) in [7, 11) is 1.34. The molecule has 9 nitrogen and oxygen atoms in total. The van der Waals surface area contributed by atoms with Gasteiger partial charge in [-0.15, -0.1) is 5.10 Å². The van der Waals surface area contributed by atoms with E-state index in [-0.39, 0.29) is 23.1 Å². The number of carbonyl (C=O) groups is 1. The number of halogens is 3. The van der Waals surface area contributed by atoms with Crippen molar-refractivity contribution in [3.05, 3.63) is 41.7 Å². The molecule has 1 saturated heterocycles. The van der Waals surface area contributed by atoms with Gasteiger partial charge in [-0.2, -0.15) is 23.3 Å². The number of aromatic nitrogens is 5. The number of hydrogen-bond donors (Lipinski definition) is 2. The van der Waals surface area contributed by atoms with Crippen LogP contribution in [0.5, 0.6) is 5.75 Å². The summed E-state index contributed by atoms with van der Waals surface area (Å²) in [5, 5.41) is 13.5. The van der Waals surface area contributed by atoms with Gasteiger partial charge in [0.15, 0.2) is 11.4 Å². The minimum Gasteiger partial charge on any atom is -0.493 e. The fourth-order valence-corrected chi connectivity index (χ4v) is 3.33. The SMILES string of the molecule is COc1cn(-c2cccc(C(F)(F)F)c2)nc1C(=O)Nc1nc(N2CCCCC2)n[nH]1. The Morgan fingerprint density at radius 3 is 2.71 bits per heavy atom. The first-order chi connectivity index (χ1) is 14.8. The van der Waals surface area contributed by atoms with E-state index in [1.807, 2.05) is 4.90 Å². The molecule has 2 N–H and O–H groups in total. The van der Waals surface area contributed by atoms with Crippen molar-refractivity contribution >= 4 is 17.8 Å². The molecule has 0 aliphatic carbocycles. The van der Waals surface area contributed by atoms with Crippen LogP contribution in [0, 0.1) is 0 Å². The number of carbonyl (C=O) groups excluding carboxylic acids is 1. The lowest BCUT2D eigenvalue weighted by Gasteiger charge is -2.24. The first-order valence-corrected chi connectivity index (χ1v) is 9.65. The highest BCUT2D eigenvalue weighted by Gasteiger charge is 2.31. The van der Waals surface area contributed by atoms with Gasteiger partial charge in [0.2, 0.25) is 11.9 Å². The van der Waals surface area contributed by atoms with Crippen LogP contribution in [0.15, 0.2) is 30.5 Å². The number of anilines is 2. The Hall–Kier alpha value is -3.57. The molecule has 0 unspecified atom stereocenters. The Kier molecular flexibility index (Phi) is 5.53. The fraction of sp³-hybridized carbons (Fsp3) is 0.368. The standard InChI is InChI=1S/C19H20F3N7O2/c1-31-14-11-29(13-7-5-6-12(10-13)19(20,21)22)27-15(14)16(30)23-17-24-18(26-25-17)28-8-3-2-4-9-28/h5-7,10-11H,2-4,8-9H2,1H3,(H2,23,24,25,26,30). The minimum atomic E-state index is -4.49. The summed E-state index contributed by atoms with van der Waals surface area (Å²) in [6.07, 6.45) is 0.120. The molecule has 164 valence electrons. The second-order valence-corrected chi connectivity index (χ2v) is 7.02. The number of hydrogen-bond acceptors (Lipinski definition) is 6. The number of rotatable bonds is 5. The molecule has 2 aromatic heterocycles. The van der Waals surface area contributed by atoms with E-state index in [0.717, 1.165) is 42.7 Å². The minimum absolute atomic E-state index is 0.101. The van der Waals surface area contributed by atoms with Gasteiger partial charge in [-0.1, -0.05) is 6.07 Å². The first kappa shape index (κ1) is 20.7. The maximum Gasteiger partial charge on any atom is 0.416 e. The van der Waals surface area contributed by atoms with E-state index in [1.165, 1.54) is 31.9 Å². The normalized spacial score (nSPS) is 14.5. The third-order valence-corrected chi connectivity index (χ3v) is 4.90. The van der Waals surface area contributed by atoms with E-state index >= 15 is 0 Å². The summed E-state index contributed by atoms with van der Waals surface area (Å²) < 4.78 is 45.3. The molecule has 4 rings (SSSR count). The highest BCUT2D eigenvalue weighted by Crippen LogP contribution is 2.31. The van der Waals surface area contributed by atoms with Gasteiger partial charge in [0.05, 0.1) is 24.6 Å². The lowest BCUT2D eigenvalue weighted by atomic mass is 10.1. The number of methoxy groups -OCH3 is 1. The molecule has 1 aliphatic heterocycles. The molecule has 3 aromatic rings. The fourth-order valence-electron chi connectivity index (χ4n) is 3.33. The number of aromatic amines is 1. The van der Waals surface area contributed by atoms with Crippen molar-refractivity contribution in [1.29, 1.82) is 0 Å². The van der Waals surface area contributed by atoms with Crippen LogP contribution in [0.1, 0.15) is 35.3 Å². The Bertz CT molecular complexity index is 1070. The van der Waals surface area contributed by atoms with Gasteiger partial charge >= 0.3 is 6.18 Å². The molecule has 1 aromatic carbocycles. The number of piperidine rings is 1. The number of benzene rings is 1. The second kappa shape index (κ2) is 8.28. The number of ether oxygens (including phenoxy) is 1. The zero-order valence-corrected chi connectivity index (χ0v) is 16.6. The molecular formula is C19H20F3N7O2. The molecule has 0 bridgehead atoms. The smallest absolute Gasteiger partial charge is 0.416 e. The molecule has 0 radical (unpaired) electrons. The number of alkyl halides is 3. The Balaban J connectivity index is 1.54. The van der Waals surface area contributed by atoms with Crippen LogP contribution in [0.3, 0.4) is 0 Å². The summed E-state index contributed by atoms with van der Waals surface area (Å²) in [5.74, 6) is 0.104. The van der Waals surface area contributed by atoms with E-state index in [2.05, 4.69) is 25.6 Å². The van der Waals surface area contributed by atoms with Crippen molar-refractivity contribution in [2.45, 2.75) is 25.4 Å². The predicted octanol–water partition coefficient (Wildman–Crippen LogP) is 3.26. The molecule has 0 atom stereocenters. The first-order valence-electron chi connectivity index (χ1n) is 9.65. The average molecular weight is 435 g/mol. The van der Waals surface area contributed by atoms with Gasteiger partial charge in [-0.05, 0) is 37.5 Å². The number of amides is 1. The Morgan fingerprint density at radius 1 is 1.23 bits per heavy atom. The highest BCUT2D eigenvalue weighted by molar-refractivity contribution is 6.03. The summed E-state index contributed by atoms with van der Waals surface area (Å²) >= 11 is 0. The zero-order chi connectivity index (χ0) is 22.0. The van der Waals surface area contributed by atoms with Crippen LogP contribution in [0.2, 0.25) is 0 Å². The molecule has 1 amide bonds.